The highest BCUT2D eigenvalue weighted by atomic mass is 35.5. The number of pyridine rings is 3. The van der Waals surface area contributed by atoms with Crippen LogP contribution in [0.15, 0.2) is 188 Å². The van der Waals surface area contributed by atoms with E-state index >= 15 is 0 Å². The number of carbonyl (C=O) groups excluding carboxylic acids is 3. The smallest absolute Gasteiger partial charge is 0.497 e. The summed E-state index contributed by atoms with van der Waals surface area (Å²) in [6.07, 6.45) is 17.6. The van der Waals surface area contributed by atoms with Crippen molar-refractivity contribution < 1.29 is 41.4 Å². The second-order valence-corrected chi connectivity index (χ2v) is 31.0. The van der Waals surface area contributed by atoms with Crippen molar-refractivity contribution in [2.45, 2.75) is 75.0 Å². The predicted octanol–water partition coefficient (Wildman–Crippen LogP) is 20.0. The number of hydrogen-bond acceptors (Lipinski definition) is 11. The number of amides is 3. The molecule has 6 aromatic carbocycles. The summed E-state index contributed by atoms with van der Waals surface area (Å²) in [6, 6.07) is 44.8. The van der Waals surface area contributed by atoms with Gasteiger partial charge in [0.1, 0.15) is 32.8 Å². The number of benzene rings is 6. The minimum atomic E-state index is -4.70. The van der Waals surface area contributed by atoms with Gasteiger partial charge < -0.3 is 24.2 Å². The molecule has 109 heavy (non-hydrogen) atoms. The quantitative estimate of drug-likeness (QED) is 0.0762. The maximum absolute atomic E-state index is 14.0. The predicted molar refractivity (Wildman–Crippen MR) is 428 cm³/mol. The van der Waals surface area contributed by atoms with Crippen molar-refractivity contribution >= 4 is 123 Å². The fraction of sp³-hybridized carbons (Fsp3) is 0.294. The van der Waals surface area contributed by atoms with Crippen molar-refractivity contribution in [2.24, 2.45) is 0 Å². The molecular weight excluding hydrogens is 1520 g/mol. The summed E-state index contributed by atoms with van der Waals surface area (Å²) in [5.74, 6) is 0.0722. The van der Waals surface area contributed by atoms with Gasteiger partial charge in [0.05, 0.1) is 17.2 Å². The Hall–Kier alpha value is -8.66. The molecule has 3 spiro atoms. The first-order chi connectivity index (χ1) is 52.3. The number of halogens is 10. The average molecular weight is 1600 g/mol. The highest BCUT2D eigenvalue weighted by Gasteiger charge is 2.50. The molecule has 0 unspecified atom stereocenters. The molecule has 3 fully saturated rings. The fourth-order valence-electron chi connectivity index (χ4n) is 15.8. The van der Waals surface area contributed by atoms with Crippen LogP contribution in [0.1, 0.15) is 114 Å². The van der Waals surface area contributed by atoms with Gasteiger partial charge in [0, 0.05) is 118 Å². The first-order valence-corrected chi connectivity index (χ1v) is 38.3. The number of ether oxygens (including phenoxy) is 2. The number of likely N-dealkylation sites (tertiary alicyclic amines) is 3. The molecular formula is C85H79Cl6F4N9O5. The molecule has 15 rings (SSSR count). The van der Waals surface area contributed by atoms with Gasteiger partial charge in [-0.2, -0.15) is 0 Å². The van der Waals surface area contributed by atoms with E-state index < -0.39 is 6.36 Å². The van der Waals surface area contributed by atoms with E-state index in [1.165, 1.54) is 46.0 Å². The van der Waals surface area contributed by atoms with E-state index in [-0.39, 0.29) is 45.5 Å². The van der Waals surface area contributed by atoms with Crippen molar-refractivity contribution in [3.05, 3.63) is 286 Å². The van der Waals surface area contributed by atoms with Crippen LogP contribution in [-0.2, 0) is 16.2 Å². The molecule has 3 amide bonds. The van der Waals surface area contributed by atoms with Crippen molar-refractivity contribution in [3.63, 3.8) is 0 Å². The first-order valence-electron chi connectivity index (χ1n) is 36.0. The normalized spacial score (nSPS) is 17.2. The average Bonchev–Trinajstić information content (AvgIpc) is 1.60. The van der Waals surface area contributed by atoms with Gasteiger partial charge in [0.2, 0.25) is 0 Å². The Balaban J connectivity index is 0.000000144. The zero-order valence-electron chi connectivity index (χ0n) is 60.2. The van der Waals surface area contributed by atoms with Crippen molar-refractivity contribution in [1.29, 1.82) is 0 Å². The van der Waals surface area contributed by atoms with E-state index in [1.54, 1.807) is 86.4 Å². The summed E-state index contributed by atoms with van der Waals surface area (Å²) in [6.45, 7) is 13.8. The Morgan fingerprint density at radius 1 is 0.450 bits per heavy atom. The Bertz CT molecular complexity index is 4940. The largest absolute Gasteiger partial charge is 0.573 e. The van der Waals surface area contributed by atoms with Gasteiger partial charge in [0.15, 0.2) is 0 Å². The summed E-state index contributed by atoms with van der Waals surface area (Å²) in [5, 5.41) is 2.43. The molecule has 3 aromatic heterocycles. The topological polar surface area (TPSA) is 128 Å². The van der Waals surface area contributed by atoms with Crippen LogP contribution in [0, 0.1) is 19.7 Å². The van der Waals surface area contributed by atoms with Gasteiger partial charge in [-0.25, -0.2) is 19.3 Å². The van der Waals surface area contributed by atoms with Crippen LogP contribution in [-0.4, -0.2) is 139 Å². The lowest BCUT2D eigenvalue weighted by Gasteiger charge is -2.39. The number of piperidine rings is 3. The minimum absolute atomic E-state index is 0.0494. The summed E-state index contributed by atoms with van der Waals surface area (Å²) in [4.78, 5) is 65.2. The van der Waals surface area contributed by atoms with E-state index in [9.17, 15) is 31.9 Å². The number of fused-ring (bicyclic) bond motifs is 6. The molecule has 564 valence electrons. The van der Waals surface area contributed by atoms with E-state index in [1.807, 2.05) is 81.5 Å². The first kappa shape index (κ1) is 78.5. The SMILES string of the molecule is COc1ccc2c(c1)C1(CCN(C/C=C/c3ccc(Cl)c(Cl)c3)CC1)CN2C(=O)c1ccnc(Cl)c1.Cc1ccc2c(c1)C1(CCN(C/C=C/c3ccc(Cl)cc3F)CC1)CN2C(=O)c1ccnc(Cl)c1.Cc1ccc2c(c1)C1(CCN(C/C=C/c3ccc(OC(F)(F)F)cc3)CC1)CN2C(=O)c1ccnc(Cl)c1. The lowest BCUT2D eigenvalue weighted by atomic mass is 9.74. The van der Waals surface area contributed by atoms with E-state index in [0.717, 1.165) is 131 Å². The number of aryl methyl sites for hydroxylation is 2. The third-order valence-electron chi connectivity index (χ3n) is 21.6. The third kappa shape index (κ3) is 18.4. The molecule has 0 atom stereocenters. The number of hydrogen-bond donors (Lipinski definition) is 0. The van der Waals surface area contributed by atoms with Crippen LogP contribution in [0.4, 0.5) is 34.6 Å². The van der Waals surface area contributed by atoms with Gasteiger partial charge >= 0.3 is 6.36 Å². The Labute approximate surface area is 662 Å². The minimum Gasteiger partial charge on any atom is -0.497 e. The molecule has 6 aliphatic heterocycles. The second-order valence-electron chi connectivity index (χ2n) is 28.6. The molecule has 9 aromatic rings. The van der Waals surface area contributed by atoms with Crippen LogP contribution in [0.25, 0.3) is 18.2 Å². The number of aromatic nitrogens is 3. The molecule has 0 bridgehead atoms. The fourth-order valence-corrected chi connectivity index (χ4v) is 16.8. The van der Waals surface area contributed by atoms with E-state index in [2.05, 4.69) is 90.7 Å². The third-order valence-corrected chi connectivity index (χ3v) is 23.2. The number of nitrogens with zero attached hydrogens (tertiary/aromatic N) is 9. The van der Waals surface area contributed by atoms with Gasteiger partial charge in [-0.1, -0.05) is 166 Å². The molecule has 9 heterocycles. The summed E-state index contributed by atoms with van der Waals surface area (Å²) in [7, 11) is 1.67. The zero-order chi connectivity index (χ0) is 76.8. The van der Waals surface area contributed by atoms with Crippen molar-refractivity contribution in [3.8, 4) is 11.5 Å². The summed E-state index contributed by atoms with van der Waals surface area (Å²) >= 11 is 36.2. The highest BCUT2D eigenvalue weighted by molar-refractivity contribution is 6.42. The molecule has 0 radical (unpaired) electrons. The highest BCUT2D eigenvalue weighted by Crippen LogP contribution is 2.52. The molecule has 14 nitrogen and oxygen atoms in total. The van der Waals surface area contributed by atoms with Crippen molar-refractivity contribution in [2.75, 3.05) is 100 Å². The maximum atomic E-state index is 14.0. The van der Waals surface area contributed by atoms with Gasteiger partial charge in [-0.3, -0.25) is 29.1 Å². The zero-order valence-corrected chi connectivity index (χ0v) is 64.7. The van der Waals surface area contributed by atoms with Gasteiger partial charge in [-0.05, 0) is 223 Å². The summed E-state index contributed by atoms with van der Waals surface area (Å²) < 4.78 is 60.5. The number of methoxy groups -OCH3 is 1. The van der Waals surface area contributed by atoms with E-state index in [4.69, 9.17) is 74.3 Å². The van der Waals surface area contributed by atoms with Crippen LogP contribution in [0.3, 0.4) is 0 Å². The van der Waals surface area contributed by atoms with Gasteiger partial charge in [-0.15, -0.1) is 13.2 Å². The lowest BCUT2D eigenvalue weighted by Crippen LogP contribution is -2.46. The van der Waals surface area contributed by atoms with Crippen LogP contribution >= 0.6 is 69.6 Å². The monoisotopic (exact) mass is 1590 g/mol. The molecule has 0 aliphatic carbocycles. The molecule has 3 saturated heterocycles. The number of anilines is 3. The summed E-state index contributed by atoms with van der Waals surface area (Å²) in [5.41, 5.74) is 12.6. The maximum Gasteiger partial charge on any atom is 0.573 e. The Kier molecular flexibility index (Phi) is 24.4. The molecule has 6 aliphatic rings. The molecule has 0 saturated carbocycles. The molecule has 24 heteroatoms. The number of rotatable bonds is 14. The van der Waals surface area contributed by atoms with Crippen LogP contribution < -0.4 is 24.2 Å². The number of carbonyl (C=O) groups is 3. The Morgan fingerprint density at radius 3 is 1.25 bits per heavy atom. The van der Waals surface area contributed by atoms with Crippen LogP contribution in [0.2, 0.25) is 30.5 Å². The lowest BCUT2D eigenvalue weighted by molar-refractivity contribution is -0.274. The standard InChI is InChI=1S/C29H27ClF3N3O2.C28H26Cl3N3O2.C28H26Cl2FN3O/c1-20-4-9-25-24(17-20)28(19-36(25)27(37)22-10-13-34-26(30)18-22)11-15-35(16-12-28)14-2-3-21-5-7-23(8-6-21)38-29(31,32)33;1-36-21-5-7-25-22(17-21)28(18-34(25)27(35)20-8-11-32-26(31)16-20)9-13-33(14-10-28)12-2-3-19-4-6-23(29)24(30)15-19;1-19-4-7-25-23(15-19)28(18-34(25)27(35)21-8-11-32-26(30)16-21)9-13-33(14-10-28)12-2-3-20-5-6-22(29)17-24(20)31/h2-10,13,17-18H,11-12,14-16,19H2,1H3;2-8,11,15-17H,9-10,12-14,18H2,1H3;2-8,11,15-17H,9-10,12-14,18H2,1H3/b3*3-2+. The number of alkyl halides is 3. The van der Waals surface area contributed by atoms with Crippen molar-refractivity contribution in [1.82, 2.24) is 29.7 Å². The Morgan fingerprint density at radius 2 is 0.844 bits per heavy atom. The van der Waals surface area contributed by atoms with Gasteiger partial charge in [0.25, 0.3) is 17.7 Å². The molecule has 0 N–H and O–H groups in total. The second kappa shape index (κ2) is 33.9. The van der Waals surface area contributed by atoms with E-state index in [0.29, 0.717) is 72.4 Å². The van der Waals surface area contributed by atoms with Crippen LogP contribution in [0.5, 0.6) is 11.5 Å².